The monoisotopic (exact) mass is 476 g/mol. The third-order valence-electron chi connectivity index (χ3n) is 5.35. The number of anilines is 1. The number of halogens is 2. The Morgan fingerprint density at radius 1 is 0.971 bits per heavy atom. The number of hydrogen-bond donors (Lipinski definition) is 1. The molecule has 1 heterocycles. The van der Waals surface area contributed by atoms with Gasteiger partial charge in [-0.1, -0.05) is 30.3 Å². The summed E-state index contributed by atoms with van der Waals surface area (Å²) in [6.45, 7) is -0.0490. The number of carbonyl (C=O) groups is 2. The zero-order valence-corrected chi connectivity index (χ0v) is 18.8. The zero-order chi connectivity index (χ0) is 24.8. The highest BCUT2D eigenvalue weighted by molar-refractivity contribution is 6.00. The van der Waals surface area contributed by atoms with E-state index in [1.807, 2.05) is 0 Å². The molecule has 4 aromatic rings. The van der Waals surface area contributed by atoms with E-state index in [0.29, 0.717) is 17.0 Å². The average Bonchev–Trinajstić information content (AvgIpc) is 3.41. The van der Waals surface area contributed by atoms with Crippen LogP contribution in [-0.2, 0) is 11.3 Å². The van der Waals surface area contributed by atoms with Crippen molar-refractivity contribution in [3.8, 4) is 5.75 Å². The number of furan rings is 1. The maximum absolute atomic E-state index is 15.0. The first-order valence-corrected chi connectivity index (χ1v) is 10.7. The van der Waals surface area contributed by atoms with Gasteiger partial charge in [0, 0.05) is 17.8 Å². The van der Waals surface area contributed by atoms with Gasteiger partial charge in [-0.05, 0) is 60.2 Å². The normalized spacial score (nSPS) is 11.5. The Bertz CT molecular complexity index is 1310. The molecule has 0 aliphatic heterocycles. The predicted molar refractivity (Wildman–Crippen MR) is 126 cm³/mol. The highest BCUT2D eigenvalue weighted by Gasteiger charge is 2.35. The molecule has 35 heavy (non-hydrogen) atoms. The molecular formula is C27H22F2N2O4. The first-order chi connectivity index (χ1) is 17.0. The van der Waals surface area contributed by atoms with Crippen LogP contribution in [0.4, 0.5) is 14.5 Å². The zero-order valence-electron chi connectivity index (χ0n) is 18.8. The van der Waals surface area contributed by atoms with E-state index >= 15 is 4.39 Å². The highest BCUT2D eigenvalue weighted by atomic mass is 19.1. The van der Waals surface area contributed by atoms with Gasteiger partial charge < -0.3 is 19.4 Å². The first kappa shape index (κ1) is 23.7. The Kier molecular flexibility index (Phi) is 7.21. The van der Waals surface area contributed by atoms with Crippen molar-refractivity contribution in [2.45, 2.75) is 12.6 Å². The fourth-order valence-corrected chi connectivity index (χ4v) is 3.68. The number of carbonyl (C=O) groups excluding carboxylic acids is 2. The van der Waals surface area contributed by atoms with Gasteiger partial charge in [0.2, 0.25) is 0 Å². The summed E-state index contributed by atoms with van der Waals surface area (Å²) >= 11 is 0. The Balaban J connectivity index is 1.79. The van der Waals surface area contributed by atoms with E-state index in [1.54, 1.807) is 36.4 Å². The van der Waals surface area contributed by atoms with E-state index in [9.17, 15) is 14.0 Å². The molecule has 3 aromatic carbocycles. The number of nitrogens with one attached hydrogen (secondary N) is 1. The molecule has 1 unspecified atom stereocenters. The number of rotatable bonds is 8. The van der Waals surface area contributed by atoms with Gasteiger partial charge in [-0.15, -0.1) is 0 Å². The molecule has 0 saturated carbocycles. The van der Waals surface area contributed by atoms with E-state index < -0.39 is 29.5 Å². The van der Waals surface area contributed by atoms with Gasteiger partial charge in [-0.2, -0.15) is 0 Å². The fraction of sp³-hybridized carbons (Fsp3) is 0.111. The van der Waals surface area contributed by atoms with Crippen LogP contribution in [0.2, 0.25) is 0 Å². The molecule has 1 aromatic heterocycles. The second-order valence-corrected chi connectivity index (χ2v) is 7.68. The number of ether oxygens (including phenoxy) is 1. The maximum atomic E-state index is 15.0. The molecule has 2 amide bonds. The van der Waals surface area contributed by atoms with Crippen molar-refractivity contribution in [2.24, 2.45) is 0 Å². The van der Waals surface area contributed by atoms with Gasteiger partial charge in [-0.3, -0.25) is 9.59 Å². The third kappa shape index (κ3) is 5.55. The lowest BCUT2D eigenvalue weighted by Gasteiger charge is -2.31. The van der Waals surface area contributed by atoms with Crippen molar-refractivity contribution in [3.63, 3.8) is 0 Å². The minimum absolute atomic E-state index is 0.00471. The van der Waals surface area contributed by atoms with Crippen molar-refractivity contribution in [3.05, 3.63) is 120 Å². The SMILES string of the molecule is COc1cccc(CN(C(=O)c2ccco2)C(C(=O)Nc2ccc(F)cc2)c2ccccc2F)c1. The molecule has 0 fully saturated rings. The Labute approximate surface area is 200 Å². The van der Waals surface area contributed by atoms with Crippen LogP contribution in [0.1, 0.15) is 27.7 Å². The summed E-state index contributed by atoms with van der Waals surface area (Å²) in [6.07, 6.45) is 1.34. The molecule has 0 aliphatic carbocycles. The van der Waals surface area contributed by atoms with Gasteiger partial charge in [0.1, 0.15) is 23.4 Å². The summed E-state index contributed by atoms with van der Waals surface area (Å²) < 4.78 is 38.9. The minimum Gasteiger partial charge on any atom is -0.497 e. The van der Waals surface area contributed by atoms with Gasteiger partial charge in [-0.25, -0.2) is 8.78 Å². The molecule has 1 N–H and O–H groups in total. The second-order valence-electron chi connectivity index (χ2n) is 7.68. The van der Waals surface area contributed by atoms with Crippen molar-refractivity contribution in [2.75, 3.05) is 12.4 Å². The van der Waals surface area contributed by atoms with E-state index in [0.717, 1.165) is 0 Å². The van der Waals surface area contributed by atoms with E-state index in [4.69, 9.17) is 9.15 Å². The number of hydrogen-bond acceptors (Lipinski definition) is 4. The first-order valence-electron chi connectivity index (χ1n) is 10.7. The lowest BCUT2D eigenvalue weighted by molar-refractivity contribution is -0.121. The maximum Gasteiger partial charge on any atom is 0.290 e. The molecule has 4 rings (SSSR count). The number of benzene rings is 3. The summed E-state index contributed by atoms with van der Waals surface area (Å²) in [5.41, 5.74) is 0.944. The van der Waals surface area contributed by atoms with Gasteiger partial charge in [0.15, 0.2) is 5.76 Å². The molecule has 0 radical (unpaired) electrons. The van der Waals surface area contributed by atoms with E-state index in [1.165, 1.54) is 66.8 Å². The molecule has 0 spiro atoms. The third-order valence-corrected chi connectivity index (χ3v) is 5.35. The van der Waals surface area contributed by atoms with Crippen LogP contribution in [0.25, 0.3) is 0 Å². The van der Waals surface area contributed by atoms with Crippen molar-refractivity contribution in [1.29, 1.82) is 0 Å². The predicted octanol–water partition coefficient (Wildman–Crippen LogP) is 5.59. The number of nitrogens with zero attached hydrogens (tertiary/aromatic N) is 1. The number of methoxy groups -OCH3 is 1. The standard InChI is InChI=1S/C27H22F2N2O4/c1-34-21-7-4-6-18(16-21)17-31(27(33)24-10-5-15-35-24)25(22-8-2-3-9-23(22)29)26(32)30-20-13-11-19(28)12-14-20/h2-16,25H,17H2,1H3,(H,30,32). The topological polar surface area (TPSA) is 71.8 Å². The molecule has 0 aliphatic rings. The lowest BCUT2D eigenvalue weighted by Crippen LogP contribution is -2.41. The molecule has 1 atom stereocenters. The highest BCUT2D eigenvalue weighted by Crippen LogP contribution is 2.29. The smallest absolute Gasteiger partial charge is 0.290 e. The van der Waals surface area contributed by atoms with Crippen molar-refractivity contribution < 1.29 is 27.5 Å². The van der Waals surface area contributed by atoms with Crippen LogP contribution >= 0.6 is 0 Å². The summed E-state index contributed by atoms with van der Waals surface area (Å²) in [5.74, 6) is -1.87. The molecule has 0 saturated heterocycles. The largest absolute Gasteiger partial charge is 0.497 e. The van der Waals surface area contributed by atoms with Crippen LogP contribution in [0, 0.1) is 11.6 Å². The van der Waals surface area contributed by atoms with Crippen LogP contribution in [0.15, 0.2) is 95.6 Å². The fourth-order valence-electron chi connectivity index (χ4n) is 3.68. The summed E-state index contributed by atoms with van der Waals surface area (Å²) in [4.78, 5) is 28.3. The molecule has 6 nitrogen and oxygen atoms in total. The van der Waals surface area contributed by atoms with Crippen LogP contribution < -0.4 is 10.1 Å². The number of amides is 2. The van der Waals surface area contributed by atoms with Gasteiger partial charge in [0.25, 0.3) is 11.8 Å². The van der Waals surface area contributed by atoms with Gasteiger partial charge >= 0.3 is 0 Å². The minimum atomic E-state index is -1.37. The van der Waals surface area contributed by atoms with Crippen molar-refractivity contribution >= 4 is 17.5 Å². The van der Waals surface area contributed by atoms with Crippen LogP contribution in [0.3, 0.4) is 0 Å². The Morgan fingerprint density at radius 2 is 1.74 bits per heavy atom. The van der Waals surface area contributed by atoms with Crippen LogP contribution in [0.5, 0.6) is 5.75 Å². The summed E-state index contributed by atoms with van der Waals surface area (Å²) in [6, 6.07) is 19.5. The van der Waals surface area contributed by atoms with Crippen molar-refractivity contribution in [1.82, 2.24) is 4.90 Å². The molecule has 8 heteroatoms. The molecule has 178 valence electrons. The summed E-state index contributed by atoms with van der Waals surface area (Å²) in [7, 11) is 1.52. The average molecular weight is 476 g/mol. The molecular weight excluding hydrogens is 454 g/mol. The quantitative estimate of drug-likeness (QED) is 0.360. The second kappa shape index (κ2) is 10.6. The lowest BCUT2D eigenvalue weighted by atomic mass is 10.0. The van der Waals surface area contributed by atoms with E-state index in [-0.39, 0.29) is 17.9 Å². The van der Waals surface area contributed by atoms with Gasteiger partial charge in [0.05, 0.1) is 13.4 Å². The molecule has 0 bridgehead atoms. The van der Waals surface area contributed by atoms with E-state index in [2.05, 4.69) is 5.32 Å². The summed E-state index contributed by atoms with van der Waals surface area (Å²) in [5, 5.41) is 2.66. The Morgan fingerprint density at radius 3 is 2.43 bits per heavy atom. The van der Waals surface area contributed by atoms with Crippen LogP contribution in [-0.4, -0.2) is 23.8 Å². The Hall–Kier alpha value is -4.46.